The summed E-state index contributed by atoms with van der Waals surface area (Å²) in [5.41, 5.74) is 6.65. The van der Waals surface area contributed by atoms with Gasteiger partial charge in [0.1, 0.15) is 0 Å². The molecule has 0 nitrogen and oxygen atoms in total. The average Bonchev–Trinajstić information content (AvgIpc) is 2.88. The van der Waals surface area contributed by atoms with Crippen LogP contribution in [0.15, 0.2) is 147 Å². The molecule has 0 saturated heterocycles. The zero-order valence-corrected chi connectivity index (χ0v) is 18.3. The molecule has 4 aromatic rings. The largest absolute Gasteiger partial charge is 0.0906 e. The van der Waals surface area contributed by atoms with Crippen molar-refractivity contribution in [1.82, 2.24) is 0 Å². The molecule has 0 atom stereocenters. The SMILES string of the molecule is C(/C=C/c1ccccc1)=C\c1ccccc1.C=C(C(=C)c1ccccc1)c1ccccc1. The lowest BCUT2D eigenvalue weighted by molar-refractivity contribution is 1.60. The summed E-state index contributed by atoms with van der Waals surface area (Å²) in [5.74, 6) is 0. The first kappa shape index (κ1) is 22.5. The van der Waals surface area contributed by atoms with Crippen LogP contribution >= 0.6 is 0 Å². The molecule has 0 saturated carbocycles. The van der Waals surface area contributed by atoms with E-state index < -0.39 is 0 Å². The van der Waals surface area contributed by atoms with Gasteiger partial charge in [-0.1, -0.05) is 159 Å². The van der Waals surface area contributed by atoms with E-state index in [-0.39, 0.29) is 0 Å². The lowest BCUT2D eigenvalue weighted by atomic mass is 9.95. The molecule has 0 heterocycles. The minimum Gasteiger partial charge on any atom is -0.0906 e. The van der Waals surface area contributed by atoms with Gasteiger partial charge in [-0.15, -0.1) is 0 Å². The summed E-state index contributed by atoms with van der Waals surface area (Å²) in [4.78, 5) is 0. The zero-order valence-electron chi connectivity index (χ0n) is 18.3. The van der Waals surface area contributed by atoms with Crippen molar-refractivity contribution in [1.29, 1.82) is 0 Å². The van der Waals surface area contributed by atoms with Gasteiger partial charge in [0.15, 0.2) is 0 Å². The van der Waals surface area contributed by atoms with Crippen LogP contribution in [0.4, 0.5) is 0 Å². The minimum atomic E-state index is 0.979. The van der Waals surface area contributed by atoms with Gasteiger partial charge in [-0.3, -0.25) is 0 Å². The van der Waals surface area contributed by atoms with Crippen LogP contribution in [-0.2, 0) is 0 Å². The Morgan fingerprint density at radius 2 is 0.688 bits per heavy atom. The summed E-state index contributed by atoms with van der Waals surface area (Å²) >= 11 is 0. The lowest BCUT2D eigenvalue weighted by Gasteiger charge is -2.09. The van der Waals surface area contributed by atoms with Crippen molar-refractivity contribution in [3.8, 4) is 0 Å². The van der Waals surface area contributed by atoms with E-state index in [0.29, 0.717) is 0 Å². The summed E-state index contributed by atoms with van der Waals surface area (Å²) in [5, 5.41) is 0. The summed E-state index contributed by atoms with van der Waals surface area (Å²) in [6, 6.07) is 40.8. The molecule has 156 valence electrons. The Bertz CT molecular complexity index is 1050. The van der Waals surface area contributed by atoms with E-state index in [1.807, 2.05) is 72.8 Å². The highest BCUT2D eigenvalue weighted by atomic mass is 14.1. The van der Waals surface area contributed by atoms with Crippen LogP contribution in [0, 0.1) is 0 Å². The van der Waals surface area contributed by atoms with Crippen LogP contribution < -0.4 is 0 Å². The van der Waals surface area contributed by atoms with E-state index >= 15 is 0 Å². The molecule has 0 fully saturated rings. The minimum absolute atomic E-state index is 0.979. The first-order chi connectivity index (χ1) is 15.7. The Morgan fingerprint density at radius 3 is 1.00 bits per heavy atom. The molecule has 0 N–H and O–H groups in total. The molecule has 0 aromatic heterocycles. The van der Waals surface area contributed by atoms with E-state index in [1.165, 1.54) is 11.1 Å². The molecule has 0 unspecified atom stereocenters. The Balaban J connectivity index is 0.000000181. The molecular formula is C32H28. The molecule has 4 aromatic carbocycles. The fraction of sp³-hybridized carbons (Fsp3) is 0. The predicted molar refractivity (Wildman–Crippen MR) is 142 cm³/mol. The number of benzene rings is 4. The monoisotopic (exact) mass is 412 g/mol. The maximum absolute atomic E-state index is 4.10. The molecule has 4 rings (SSSR count). The number of allylic oxidation sites excluding steroid dienone is 4. The van der Waals surface area contributed by atoms with E-state index in [4.69, 9.17) is 0 Å². The number of hydrogen-bond donors (Lipinski definition) is 0. The number of rotatable bonds is 6. The van der Waals surface area contributed by atoms with Crippen molar-refractivity contribution >= 4 is 23.3 Å². The Hall–Kier alpha value is -4.16. The van der Waals surface area contributed by atoms with Gasteiger partial charge >= 0.3 is 0 Å². The van der Waals surface area contributed by atoms with Crippen LogP contribution in [0.25, 0.3) is 23.3 Å². The summed E-state index contributed by atoms with van der Waals surface area (Å²) in [7, 11) is 0. The molecule has 0 radical (unpaired) electrons. The van der Waals surface area contributed by atoms with Crippen LogP contribution in [0.2, 0.25) is 0 Å². The Kier molecular flexibility index (Phi) is 8.81. The van der Waals surface area contributed by atoms with Crippen LogP contribution in [0.3, 0.4) is 0 Å². The molecule has 0 spiro atoms. The highest BCUT2D eigenvalue weighted by molar-refractivity contribution is 6.02. The van der Waals surface area contributed by atoms with Crippen LogP contribution in [0.5, 0.6) is 0 Å². The summed E-state index contributed by atoms with van der Waals surface area (Å²) < 4.78 is 0. The van der Waals surface area contributed by atoms with Gasteiger partial charge in [0, 0.05) is 0 Å². The fourth-order valence-electron chi connectivity index (χ4n) is 3.09. The maximum atomic E-state index is 4.10. The second kappa shape index (κ2) is 12.5. The van der Waals surface area contributed by atoms with Crippen molar-refractivity contribution in [2.45, 2.75) is 0 Å². The zero-order chi connectivity index (χ0) is 22.4. The van der Waals surface area contributed by atoms with Gasteiger partial charge in [-0.05, 0) is 33.4 Å². The first-order valence-corrected chi connectivity index (χ1v) is 10.7. The molecular weight excluding hydrogens is 384 g/mol. The molecule has 0 aliphatic heterocycles. The quantitative estimate of drug-likeness (QED) is 0.277. The summed E-state index contributed by atoms with van der Waals surface area (Å²) in [6.45, 7) is 8.20. The van der Waals surface area contributed by atoms with Gasteiger partial charge in [0.05, 0.1) is 0 Å². The highest BCUT2D eigenvalue weighted by Crippen LogP contribution is 2.27. The van der Waals surface area contributed by atoms with Crippen LogP contribution in [-0.4, -0.2) is 0 Å². The van der Waals surface area contributed by atoms with E-state index in [2.05, 4.69) is 86.0 Å². The molecule has 32 heavy (non-hydrogen) atoms. The average molecular weight is 413 g/mol. The Labute approximate surface area is 192 Å². The summed E-state index contributed by atoms with van der Waals surface area (Å²) in [6.07, 6.45) is 8.31. The predicted octanol–water partition coefficient (Wildman–Crippen LogP) is 8.83. The molecule has 0 heteroatoms. The van der Waals surface area contributed by atoms with Crippen molar-refractivity contribution in [2.75, 3.05) is 0 Å². The molecule has 0 amide bonds. The van der Waals surface area contributed by atoms with Gasteiger partial charge in [-0.2, -0.15) is 0 Å². The first-order valence-electron chi connectivity index (χ1n) is 10.7. The lowest BCUT2D eigenvalue weighted by Crippen LogP contribution is -1.86. The topological polar surface area (TPSA) is 0 Å². The number of hydrogen-bond acceptors (Lipinski definition) is 0. The maximum Gasteiger partial charge on any atom is -0.0183 e. The second-order valence-corrected chi connectivity index (χ2v) is 7.23. The van der Waals surface area contributed by atoms with Crippen molar-refractivity contribution < 1.29 is 0 Å². The highest BCUT2D eigenvalue weighted by Gasteiger charge is 2.04. The van der Waals surface area contributed by atoms with Gasteiger partial charge in [0.25, 0.3) is 0 Å². The second-order valence-electron chi connectivity index (χ2n) is 7.23. The third-order valence-corrected chi connectivity index (χ3v) is 4.90. The van der Waals surface area contributed by atoms with Gasteiger partial charge < -0.3 is 0 Å². The smallest absolute Gasteiger partial charge is 0.0183 e. The van der Waals surface area contributed by atoms with Crippen molar-refractivity contribution in [3.05, 3.63) is 169 Å². The van der Waals surface area contributed by atoms with E-state index in [9.17, 15) is 0 Å². The van der Waals surface area contributed by atoms with E-state index in [1.54, 1.807) is 0 Å². The standard InChI is InChI=1S/2C16H14/c1-13(15-9-5-3-6-10-15)14(2)16-11-7-4-8-12-16;1-3-9-15(10-4-1)13-7-8-14-16-11-5-2-6-12-16/h3-12H,1-2H2;1-14H/b;13-7+,14-8+. The van der Waals surface area contributed by atoms with E-state index in [0.717, 1.165) is 22.3 Å². The van der Waals surface area contributed by atoms with Gasteiger partial charge in [0.2, 0.25) is 0 Å². The Morgan fingerprint density at radius 1 is 0.406 bits per heavy atom. The third kappa shape index (κ3) is 7.27. The third-order valence-electron chi connectivity index (χ3n) is 4.90. The molecule has 0 bridgehead atoms. The van der Waals surface area contributed by atoms with Crippen molar-refractivity contribution in [2.24, 2.45) is 0 Å². The van der Waals surface area contributed by atoms with Crippen molar-refractivity contribution in [3.63, 3.8) is 0 Å². The molecule has 0 aliphatic carbocycles. The molecule has 0 aliphatic rings. The van der Waals surface area contributed by atoms with Crippen LogP contribution in [0.1, 0.15) is 22.3 Å². The normalized spacial score (nSPS) is 10.5. The fourth-order valence-corrected chi connectivity index (χ4v) is 3.09. The van der Waals surface area contributed by atoms with Gasteiger partial charge in [-0.25, -0.2) is 0 Å².